The number of rotatable bonds is 2. The van der Waals surface area contributed by atoms with Gasteiger partial charge >= 0.3 is 6.18 Å². The number of nitrogens with zero attached hydrogens (tertiary/aromatic N) is 2. The number of aliphatic hydroxyl groups excluding tert-OH is 1. The molecule has 2 heterocycles. The van der Waals surface area contributed by atoms with E-state index >= 15 is 0 Å². The summed E-state index contributed by atoms with van der Waals surface area (Å²) in [7, 11) is 0. The molecule has 100 valence electrons. The highest BCUT2D eigenvalue weighted by atomic mass is 19.4. The molecule has 2 atom stereocenters. The van der Waals surface area contributed by atoms with Crippen LogP contribution in [0.4, 0.5) is 13.2 Å². The Balaban J connectivity index is 1.88. The van der Waals surface area contributed by atoms with Crippen molar-refractivity contribution in [3.63, 3.8) is 0 Å². The molecule has 1 N–H and O–H groups in total. The Hall–Kier alpha value is -0.330. The molecule has 2 fully saturated rings. The van der Waals surface area contributed by atoms with Gasteiger partial charge in [-0.1, -0.05) is 0 Å². The van der Waals surface area contributed by atoms with Gasteiger partial charge in [0.05, 0.1) is 0 Å². The lowest BCUT2D eigenvalue weighted by molar-refractivity contribution is -0.208. The predicted octanol–water partition coefficient (Wildman–Crippen LogP) is 1.08. The van der Waals surface area contributed by atoms with Crippen molar-refractivity contribution in [3.8, 4) is 0 Å². The van der Waals surface area contributed by atoms with Gasteiger partial charge in [-0.05, 0) is 38.9 Å². The van der Waals surface area contributed by atoms with Crippen LogP contribution >= 0.6 is 0 Å². The molecule has 0 aliphatic carbocycles. The van der Waals surface area contributed by atoms with Gasteiger partial charge < -0.3 is 5.11 Å². The fourth-order valence-corrected chi connectivity index (χ4v) is 2.80. The van der Waals surface area contributed by atoms with Crippen molar-refractivity contribution in [3.05, 3.63) is 0 Å². The summed E-state index contributed by atoms with van der Waals surface area (Å²) >= 11 is 0. The summed E-state index contributed by atoms with van der Waals surface area (Å²) in [6.45, 7) is 3.07. The zero-order chi connectivity index (χ0) is 12.5. The topological polar surface area (TPSA) is 26.7 Å². The maximum Gasteiger partial charge on any atom is 0.415 e. The summed E-state index contributed by atoms with van der Waals surface area (Å²) in [5.74, 6) is 0. The van der Waals surface area contributed by atoms with E-state index in [2.05, 4.69) is 4.90 Å². The molecular weight excluding hydrogens is 233 g/mol. The summed E-state index contributed by atoms with van der Waals surface area (Å²) in [5.41, 5.74) is 0. The van der Waals surface area contributed by atoms with Crippen LogP contribution in [0.5, 0.6) is 0 Å². The third-order valence-electron chi connectivity index (χ3n) is 3.70. The molecule has 0 aromatic heterocycles. The highest BCUT2D eigenvalue weighted by Crippen LogP contribution is 2.24. The Morgan fingerprint density at radius 2 is 1.88 bits per heavy atom. The van der Waals surface area contributed by atoms with Crippen LogP contribution in [-0.4, -0.2) is 66.0 Å². The minimum Gasteiger partial charge on any atom is -0.382 e. The molecule has 2 unspecified atom stereocenters. The first-order valence-electron chi connectivity index (χ1n) is 6.18. The van der Waals surface area contributed by atoms with Crippen LogP contribution in [0.25, 0.3) is 0 Å². The average molecular weight is 252 g/mol. The second-order valence-electron chi connectivity index (χ2n) is 5.00. The van der Waals surface area contributed by atoms with E-state index < -0.39 is 12.3 Å². The van der Waals surface area contributed by atoms with Crippen LogP contribution in [-0.2, 0) is 0 Å². The van der Waals surface area contributed by atoms with Crippen LogP contribution in [0.2, 0.25) is 0 Å². The third-order valence-corrected chi connectivity index (χ3v) is 3.70. The van der Waals surface area contributed by atoms with E-state index in [9.17, 15) is 13.2 Å². The second-order valence-corrected chi connectivity index (χ2v) is 5.00. The smallest absolute Gasteiger partial charge is 0.382 e. The number of β-amino-alcohol motifs (C(OH)–C–C–N with tert-alkyl or cyclic N) is 1. The molecular formula is C11H19F3N2O. The molecule has 2 rings (SSSR count). The zero-order valence-electron chi connectivity index (χ0n) is 9.79. The van der Waals surface area contributed by atoms with Crippen molar-refractivity contribution in [2.45, 2.75) is 37.6 Å². The molecule has 0 aromatic rings. The van der Waals surface area contributed by atoms with Crippen molar-refractivity contribution >= 4 is 0 Å². The second kappa shape index (κ2) is 5.12. The molecule has 0 aromatic carbocycles. The summed E-state index contributed by atoms with van der Waals surface area (Å²) in [4.78, 5) is 4.12. The Labute approximate surface area is 99.2 Å². The summed E-state index contributed by atoms with van der Waals surface area (Å²) in [6, 6.07) is 0.387. The first-order valence-corrected chi connectivity index (χ1v) is 6.18. The Bertz CT molecular complexity index is 260. The standard InChI is InChI=1S/C11H19F3N2O/c12-11(13,14)10(17)8-15-4-2-6-16-5-1-3-9(16)7-15/h9-10,17H,1-8H2. The van der Waals surface area contributed by atoms with E-state index in [1.165, 1.54) is 0 Å². The summed E-state index contributed by atoms with van der Waals surface area (Å²) in [6.07, 6.45) is -3.61. The number of hydrogen-bond donors (Lipinski definition) is 1. The maximum absolute atomic E-state index is 12.3. The lowest BCUT2D eigenvalue weighted by Gasteiger charge is -2.27. The molecule has 0 bridgehead atoms. The number of halogens is 3. The Morgan fingerprint density at radius 1 is 1.18 bits per heavy atom. The molecule has 6 heteroatoms. The number of aliphatic hydroxyl groups is 1. The molecule has 0 amide bonds. The number of alkyl halides is 3. The lowest BCUT2D eigenvalue weighted by atomic mass is 10.2. The molecule has 0 radical (unpaired) electrons. The summed E-state index contributed by atoms with van der Waals surface area (Å²) in [5, 5.41) is 9.09. The quantitative estimate of drug-likeness (QED) is 0.796. The normalized spacial score (nSPS) is 30.0. The van der Waals surface area contributed by atoms with Crippen LogP contribution < -0.4 is 0 Å². The molecule has 0 saturated carbocycles. The van der Waals surface area contributed by atoms with Crippen molar-refractivity contribution in [1.29, 1.82) is 0 Å². The SMILES string of the molecule is OC(CN1CCCN2CCCC2C1)C(F)(F)F. The van der Waals surface area contributed by atoms with Gasteiger partial charge in [0.15, 0.2) is 6.10 Å². The lowest BCUT2D eigenvalue weighted by Crippen LogP contribution is -2.44. The minimum atomic E-state index is -4.50. The first-order chi connectivity index (χ1) is 7.97. The van der Waals surface area contributed by atoms with Crippen molar-refractivity contribution < 1.29 is 18.3 Å². The summed E-state index contributed by atoms with van der Waals surface area (Å²) < 4.78 is 36.9. The van der Waals surface area contributed by atoms with Gasteiger partial charge in [0.25, 0.3) is 0 Å². The molecule has 2 aliphatic heterocycles. The monoisotopic (exact) mass is 252 g/mol. The van der Waals surface area contributed by atoms with Crippen LogP contribution in [0.1, 0.15) is 19.3 Å². The minimum absolute atomic E-state index is 0.284. The number of hydrogen-bond acceptors (Lipinski definition) is 3. The first kappa shape index (κ1) is 13.1. The fraction of sp³-hybridized carbons (Fsp3) is 1.00. The molecule has 2 saturated heterocycles. The van der Waals surface area contributed by atoms with E-state index in [0.29, 0.717) is 19.1 Å². The zero-order valence-corrected chi connectivity index (χ0v) is 9.79. The van der Waals surface area contributed by atoms with E-state index in [-0.39, 0.29) is 6.54 Å². The molecule has 17 heavy (non-hydrogen) atoms. The van der Waals surface area contributed by atoms with Crippen molar-refractivity contribution in [2.24, 2.45) is 0 Å². The molecule has 3 nitrogen and oxygen atoms in total. The van der Waals surface area contributed by atoms with E-state index in [4.69, 9.17) is 5.11 Å². The van der Waals surface area contributed by atoms with Gasteiger partial charge in [-0.15, -0.1) is 0 Å². The van der Waals surface area contributed by atoms with E-state index in [1.807, 2.05) is 0 Å². The molecule has 2 aliphatic rings. The van der Waals surface area contributed by atoms with Gasteiger partial charge in [-0.3, -0.25) is 9.80 Å². The fourth-order valence-electron chi connectivity index (χ4n) is 2.80. The van der Waals surface area contributed by atoms with E-state index in [0.717, 1.165) is 32.4 Å². The van der Waals surface area contributed by atoms with Crippen LogP contribution in [0.3, 0.4) is 0 Å². The molecule has 0 spiro atoms. The Morgan fingerprint density at radius 3 is 2.59 bits per heavy atom. The predicted molar refractivity (Wildman–Crippen MR) is 57.7 cm³/mol. The third kappa shape index (κ3) is 3.33. The van der Waals surface area contributed by atoms with Gasteiger partial charge in [-0.2, -0.15) is 13.2 Å². The number of fused-ring (bicyclic) bond motifs is 1. The van der Waals surface area contributed by atoms with Gasteiger partial charge in [0.1, 0.15) is 0 Å². The van der Waals surface area contributed by atoms with Gasteiger partial charge in [-0.25, -0.2) is 0 Å². The average Bonchev–Trinajstić information content (AvgIpc) is 2.56. The van der Waals surface area contributed by atoms with Crippen molar-refractivity contribution in [1.82, 2.24) is 9.80 Å². The largest absolute Gasteiger partial charge is 0.415 e. The highest BCUT2D eigenvalue weighted by molar-refractivity contribution is 4.86. The van der Waals surface area contributed by atoms with E-state index in [1.54, 1.807) is 4.90 Å². The Kier molecular flexibility index (Phi) is 3.95. The van der Waals surface area contributed by atoms with Crippen LogP contribution in [0, 0.1) is 0 Å². The van der Waals surface area contributed by atoms with Gasteiger partial charge in [0.2, 0.25) is 0 Å². The highest BCUT2D eigenvalue weighted by Gasteiger charge is 2.40. The van der Waals surface area contributed by atoms with Gasteiger partial charge in [0, 0.05) is 19.1 Å². The maximum atomic E-state index is 12.3. The van der Waals surface area contributed by atoms with Crippen molar-refractivity contribution in [2.75, 3.05) is 32.7 Å². The van der Waals surface area contributed by atoms with Crippen LogP contribution in [0.15, 0.2) is 0 Å².